The Morgan fingerprint density at radius 2 is 1.04 bits per heavy atom. The Morgan fingerprint density at radius 3 is 1.38 bits per heavy atom. The SMILES string of the molecule is O=C(C1(C2CCCCC2)C=CC=CC1)C1(C2CCCCC2)C=CC=CC1. The maximum Gasteiger partial charge on any atom is 0.153 e. The molecule has 2 fully saturated rings. The van der Waals surface area contributed by atoms with Crippen molar-refractivity contribution in [2.75, 3.05) is 0 Å². The number of hydrogen-bond donors (Lipinski definition) is 0. The van der Waals surface area contributed by atoms with Gasteiger partial charge in [0.15, 0.2) is 5.78 Å². The molecular weight excluding hydrogens is 316 g/mol. The zero-order valence-corrected chi connectivity index (χ0v) is 16.2. The predicted octanol–water partition coefficient (Wildman–Crippen LogP) is 6.72. The monoisotopic (exact) mass is 350 g/mol. The van der Waals surface area contributed by atoms with Crippen LogP contribution in [0.3, 0.4) is 0 Å². The van der Waals surface area contributed by atoms with Gasteiger partial charge < -0.3 is 0 Å². The molecule has 26 heavy (non-hydrogen) atoms. The molecule has 2 atom stereocenters. The van der Waals surface area contributed by atoms with Crippen LogP contribution in [0.2, 0.25) is 0 Å². The summed E-state index contributed by atoms with van der Waals surface area (Å²) >= 11 is 0. The van der Waals surface area contributed by atoms with E-state index in [0.717, 1.165) is 12.8 Å². The van der Waals surface area contributed by atoms with Crippen LogP contribution >= 0.6 is 0 Å². The maximum absolute atomic E-state index is 14.4. The van der Waals surface area contributed by atoms with E-state index < -0.39 is 0 Å². The van der Waals surface area contributed by atoms with Gasteiger partial charge in [0.1, 0.15) is 0 Å². The molecule has 0 heterocycles. The van der Waals surface area contributed by atoms with E-state index in [9.17, 15) is 4.79 Å². The fourth-order valence-electron chi connectivity index (χ4n) is 6.26. The quantitative estimate of drug-likeness (QED) is 0.550. The molecule has 2 saturated carbocycles. The largest absolute Gasteiger partial charge is 0.298 e. The van der Waals surface area contributed by atoms with E-state index in [1.54, 1.807) is 0 Å². The molecule has 0 amide bonds. The Morgan fingerprint density at radius 1 is 0.615 bits per heavy atom. The van der Waals surface area contributed by atoms with E-state index in [-0.39, 0.29) is 10.8 Å². The van der Waals surface area contributed by atoms with E-state index in [4.69, 9.17) is 0 Å². The minimum Gasteiger partial charge on any atom is -0.298 e. The van der Waals surface area contributed by atoms with Crippen molar-refractivity contribution in [1.29, 1.82) is 0 Å². The van der Waals surface area contributed by atoms with Crippen LogP contribution in [0, 0.1) is 22.7 Å². The third-order valence-electron chi connectivity index (χ3n) is 7.71. The fraction of sp³-hybridized carbons (Fsp3) is 0.640. The number of hydrogen-bond acceptors (Lipinski definition) is 1. The van der Waals surface area contributed by atoms with Crippen LogP contribution in [-0.4, -0.2) is 5.78 Å². The lowest BCUT2D eigenvalue weighted by atomic mass is 9.53. The van der Waals surface area contributed by atoms with Crippen LogP contribution in [0.1, 0.15) is 77.0 Å². The topological polar surface area (TPSA) is 17.1 Å². The van der Waals surface area contributed by atoms with Gasteiger partial charge in [-0.2, -0.15) is 0 Å². The van der Waals surface area contributed by atoms with Gasteiger partial charge in [-0.1, -0.05) is 87.1 Å². The fourth-order valence-corrected chi connectivity index (χ4v) is 6.26. The van der Waals surface area contributed by atoms with E-state index in [0.29, 0.717) is 17.6 Å². The maximum atomic E-state index is 14.4. The second-order valence-corrected chi connectivity index (χ2v) is 9.06. The first kappa shape index (κ1) is 18.0. The molecule has 0 radical (unpaired) electrons. The smallest absolute Gasteiger partial charge is 0.153 e. The average molecular weight is 351 g/mol. The van der Waals surface area contributed by atoms with E-state index in [1.165, 1.54) is 64.2 Å². The minimum atomic E-state index is -0.262. The number of ketones is 1. The van der Waals surface area contributed by atoms with Crippen molar-refractivity contribution in [1.82, 2.24) is 0 Å². The lowest BCUT2D eigenvalue weighted by Gasteiger charge is -2.49. The lowest BCUT2D eigenvalue weighted by Crippen LogP contribution is -2.50. The highest BCUT2D eigenvalue weighted by atomic mass is 16.1. The normalized spacial score (nSPS) is 35.7. The zero-order chi connectivity index (χ0) is 17.9. The van der Waals surface area contributed by atoms with Gasteiger partial charge in [-0.15, -0.1) is 0 Å². The standard InChI is InChI=1S/C25H34O/c26-23(24(17-9-3-10-18-24)21-13-5-1-6-14-21)25(19-11-4-12-20-25)22-15-7-2-8-16-22/h3-4,9-12,17,19,21-22H,1-2,5-8,13-16,18,20H2. The summed E-state index contributed by atoms with van der Waals surface area (Å²) in [7, 11) is 0. The first-order valence-corrected chi connectivity index (χ1v) is 11.0. The highest BCUT2D eigenvalue weighted by Crippen LogP contribution is 2.54. The van der Waals surface area contributed by atoms with E-state index >= 15 is 0 Å². The van der Waals surface area contributed by atoms with Gasteiger partial charge in [-0.05, 0) is 50.4 Å². The highest BCUT2D eigenvalue weighted by molar-refractivity contribution is 5.95. The second kappa shape index (κ2) is 7.71. The van der Waals surface area contributed by atoms with Gasteiger partial charge in [0.25, 0.3) is 0 Å². The van der Waals surface area contributed by atoms with Crippen molar-refractivity contribution in [2.24, 2.45) is 22.7 Å². The molecule has 0 aromatic rings. The van der Waals surface area contributed by atoms with Gasteiger partial charge in [0.05, 0.1) is 10.8 Å². The molecule has 0 spiro atoms. The summed E-state index contributed by atoms with van der Waals surface area (Å²) in [5.74, 6) is 1.61. The molecule has 0 aliphatic heterocycles. The van der Waals surface area contributed by atoms with Crippen molar-refractivity contribution in [2.45, 2.75) is 77.0 Å². The lowest BCUT2D eigenvalue weighted by molar-refractivity contribution is -0.141. The molecule has 4 aliphatic rings. The summed E-state index contributed by atoms with van der Waals surface area (Å²) in [6, 6.07) is 0. The first-order chi connectivity index (χ1) is 12.8. The third kappa shape index (κ3) is 3.08. The number of carbonyl (C=O) groups is 1. The van der Waals surface area contributed by atoms with Crippen LogP contribution in [0.5, 0.6) is 0 Å². The van der Waals surface area contributed by atoms with Gasteiger partial charge in [0.2, 0.25) is 0 Å². The molecule has 0 bridgehead atoms. The molecule has 0 aromatic carbocycles. The molecule has 4 rings (SSSR count). The molecule has 1 heteroatoms. The van der Waals surface area contributed by atoms with E-state index in [2.05, 4.69) is 48.6 Å². The summed E-state index contributed by atoms with van der Waals surface area (Å²) in [5.41, 5.74) is -0.524. The summed E-state index contributed by atoms with van der Waals surface area (Å²) in [6.07, 6.45) is 32.3. The predicted molar refractivity (Wildman–Crippen MR) is 109 cm³/mol. The number of carbonyl (C=O) groups excluding carboxylic acids is 1. The highest BCUT2D eigenvalue weighted by Gasteiger charge is 2.54. The zero-order valence-electron chi connectivity index (χ0n) is 16.2. The Bertz CT molecular complexity index is 571. The Hall–Kier alpha value is -1.37. The molecule has 2 unspecified atom stereocenters. The molecular formula is C25H34O. The Labute approximate surface area is 159 Å². The summed E-state index contributed by atoms with van der Waals surface area (Å²) in [5, 5.41) is 0. The molecule has 1 nitrogen and oxygen atoms in total. The van der Waals surface area contributed by atoms with Gasteiger partial charge >= 0.3 is 0 Å². The number of allylic oxidation sites excluding steroid dienone is 8. The summed E-state index contributed by atoms with van der Waals surface area (Å²) in [4.78, 5) is 14.4. The number of Topliss-reactive ketones (excluding diaryl/α,β-unsaturated/α-hetero) is 1. The minimum absolute atomic E-state index is 0.262. The molecule has 140 valence electrons. The van der Waals surface area contributed by atoms with Crippen molar-refractivity contribution in [3.8, 4) is 0 Å². The molecule has 4 aliphatic carbocycles. The van der Waals surface area contributed by atoms with Crippen LogP contribution < -0.4 is 0 Å². The molecule has 0 N–H and O–H groups in total. The van der Waals surface area contributed by atoms with Crippen molar-refractivity contribution in [3.05, 3.63) is 48.6 Å². The van der Waals surface area contributed by atoms with E-state index in [1.807, 2.05) is 0 Å². The van der Waals surface area contributed by atoms with Crippen molar-refractivity contribution < 1.29 is 4.79 Å². The van der Waals surface area contributed by atoms with Crippen LogP contribution in [0.15, 0.2) is 48.6 Å². The molecule has 0 saturated heterocycles. The first-order valence-electron chi connectivity index (χ1n) is 11.0. The van der Waals surface area contributed by atoms with Gasteiger partial charge in [-0.25, -0.2) is 0 Å². The Balaban J connectivity index is 1.72. The summed E-state index contributed by atoms with van der Waals surface area (Å²) < 4.78 is 0. The van der Waals surface area contributed by atoms with Gasteiger partial charge in [-0.3, -0.25) is 4.79 Å². The number of rotatable bonds is 4. The van der Waals surface area contributed by atoms with Gasteiger partial charge in [0, 0.05) is 0 Å². The van der Waals surface area contributed by atoms with Crippen LogP contribution in [0.25, 0.3) is 0 Å². The van der Waals surface area contributed by atoms with Crippen LogP contribution in [0.4, 0.5) is 0 Å². The van der Waals surface area contributed by atoms with Crippen LogP contribution in [-0.2, 0) is 4.79 Å². The second-order valence-electron chi connectivity index (χ2n) is 9.06. The average Bonchev–Trinajstić information content (AvgIpc) is 2.75. The van der Waals surface area contributed by atoms with Crippen molar-refractivity contribution in [3.63, 3.8) is 0 Å². The third-order valence-corrected chi connectivity index (χ3v) is 7.71. The van der Waals surface area contributed by atoms with Crippen molar-refractivity contribution >= 4 is 5.78 Å². The molecule has 0 aromatic heterocycles. The summed E-state index contributed by atoms with van der Waals surface area (Å²) in [6.45, 7) is 0. The Kier molecular flexibility index (Phi) is 5.34.